The number of amides is 1. The maximum atomic E-state index is 12.2. The molecule has 0 bridgehead atoms. The van der Waals surface area contributed by atoms with Crippen molar-refractivity contribution in [1.82, 2.24) is 0 Å². The van der Waals surface area contributed by atoms with Gasteiger partial charge in [-0.25, -0.2) is 9.59 Å². The molecule has 9 heteroatoms. The molecule has 0 saturated heterocycles. The standard InChI is InChI=1S/C22H36INO5Si2/c1-17(16-23)12-18-13-19(24-21(25)27-8-10-30(2,3)4)15-20(14-18)29-22(26)28-9-11-31(5,6)7/h13-16H,8-12H2,1-7H3,(H,24,25)/b17-16+. The van der Waals surface area contributed by atoms with E-state index >= 15 is 0 Å². The van der Waals surface area contributed by atoms with Crippen LogP contribution in [0.1, 0.15) is 12.5 Å². The van der Waals surface area contributed by atoms with Crippen LogP contribution < -0.4 is 10.1 Å². The molecule has 0 aliphatic rings. The van der Waals surface area contributed by atoms with Crippen LogP contribution in [0.5, 0.6) is 5.75 Å². The third kappa shape index (κ3) is 13.6. The number of hydrogen-bond acceptors (Lipinski definition) is 5. The zero-order chi connectivity index (χ0) is 23.7. The van der Waals surface area contributed by atoms with Crippen LogP contribution >= 0.6 is 22.6 Å². The molecule has 1 rings (SSSR count). The van der Waals surface area contributed by atoms with Gasteiger partial charge in [-0.1, -0.05) is 67.4 Å². The summed E-state index contributed by atoms with van der Waals surface area (Å²) in [5, 5.41) is 2.74. The van der Waals surface area contributed by atoms with E-state index in [2.05, 4.69) is 67.2 Å². The van der Waals surface area contributed by atoms with Gasteiger partial charge in [-0.15, -0.1) is 0 Å². The highest BCUT2D eigenvalue weighted by atomic mass is 127. The fourth-order valence-corrected chi connectivity index (χ4v) is 4.07. The molecule has 0 fully saturated rings. The number of benzene rings is 1. The van der Waals surface area contributed by atoms with E-state index in [1.807, 2.05) is 17.1 Å². The van der Waals surface area contributed by atoms with Crippen LogP contribution in [-0.4, -0.2) is 41.6 Å². The van der Waals surface area contributed by atoms with Gasteiger partial charge >= 0.3 is 12.2 Å². The first-order chi connectivity index (χ1) is 14.3. The van der Waals surface area contributed by atoms with E-state index < -0.39 is 28.4 Å². The summed E-state index contributed by atoms with van der Waals surface area (Å²) in [6.45, 7) is 16.1. The minimum atomic E-state index is -1.30. The molecule has 174 valence electrons. The van der Waals surface area contributed by atoms with Crippen LogP contribution in [0.4, 0.5) is 15.3 Å². The van der Waals surface area contributed by atoms with Crippen LogP contribution in [0, 0.1) is 0 Å². The summed E-state index contributed by atoms with van der Waals surface area (Å²) >= 11 is 2.19. The summed E-state index contributed by atoms with van der Waals surface area (Å²) in [6.07, 6.45) is -0.579. The van der Waals surface area contributed by atoms with Crippen LogP contribution in [0.25, 0.3) is 0 Å². The van der Waals surface area contributed by atoms with Crippen molar-refractivity contribution in [1.29, 1.82) is 0 Å². The van der Waals surface area contributed by atoms with Crippen LogP contribution in [0.2, 0.25) is 51.4 Å². The first-order valence-corrected chi connectivity index (χ1v) is 19.1. The molecule has 1 amide bonds. The predicted octanol–water partition coefficient (Wildman–Crippen LogP) is 7.31. The lowest BCUT2D eigenvalue weighted by molar-refractivity contribution is 0.104. The minimum Gasteiger partial charge on any atom is -0.450 e. The third-order valence-corrected chi connectivity index (χ3v) is 8.71. The first-order valence-electron chi connectivity index (χ1n) is 10.5. The highest BCUT2D eigenvalue weighted by molar-refractivity contribution is 14.1. The number of carbonyl (C=O) groups is 2. The van der Waals surface area contributed by atoms with Gasteiger partial charge < -0.3 is 14.2 Å². The van der Waals surface area contributed by atoms with E-state index in [0.29, 0.717) is 31.1 Å². The van der Waals surface area contributed by atoms with Crippen LogP contribution in [-0.2, 0) is 15.9 Å². The molecule has 1 aromatic rings. The second kappa shape index (κ2) is 12.6. The van der Waals surface area contributed by atoms with Gasteiger partial charge in [0.05, 0.1) is 13.2 Å². The average molecular weight is 578 g/mol. The van der Waals surface area contributed by atoms with Crippen molar-refractivity contribution in [2.75, 3.05) is 18.5 Å². The molecule has 0 heterocycles. The number of halogens is 1. The van der Waals surface area contributed by atoms with Crippen molar-refractivity contribution in [3.63, 3.8) is 0 Å². The number of rotatable bonds is 10. The van der Waals surface area contributed by atoms with Crippen molar-refractivity contribution in [2.24, 2.45) is 0 Å². The SMILES string of the molecule is C/C(=C\I)Cc1cc(NC(=O)OCC[Si](C)(C)C)cc(OC(=O)OCC[Si](C)(C)C)c1. The number of hydrogen-bond donors (Lipinski definition) is 1. The van der Waals surface area contributed by atoms with Gasteiger partial charge in [0.2, 0.25) is 0 Å². The van der Waals surface area contributed by atoms with Crippen molar-refractivity contribution in [2.45, 2.75) is 64.7 Å². The summed E-state index contributed by atoms with van der Waals surface area (Å²) in [5.41, 5.74) is 2.58. The van der Waals surface area contributed by atoms with E-state index in [9.17, 15) is 9.59 Å². The Bertz CT molecular complexity index is 733. The van der Waals surface area contributed by atoms with Crippen molar-refractivity contribution >= 4 is 56.7 Å². The lowest BCUT2D eigenvalue weighted by atomic mass is 10.1. The third-order valence-electron chi connectivity index (χ3n) is 4.24. The molecule has 6 nitrogen and oxygen atoms in total. The molecule has 0 spiro atoms. The van der Waals surface area contributed by atoms with Gasteiger partial charge in [0.1, 0.15) is 5.75 Å². The van der Waals surface area contributed by atoms with E-state index in [1.165, 1.54) is 0 Å². The normalized spacial score (nSPS) is 12.3. The van der Waals surface area contributed by atoms with Gasteiger partial charge in [-0.05, 0) is 47.2 Å². The number of ether oxygens (including phenoxy) is 3. The van der Waals surface area contributed by atoms with E-state index in [4.69, 9.17) is 14.2 Å². The second-order valence-electron chi connectivity index (χ2n) is 10.1. The Morgan fingerprint density at radius 1 is 0.968 bits per heavy atom. The number of carbonyl (C=O) groups excluding carboxylic acids is 2. The highest BCUT2D eigenvalue weighted by Crippen LogP contribution is 2.24. The zero-order valence-corrected chi connectivity index (χ0v) is 23.9. The number of allylic oxidation sites excluding steroid dienone is 1. The summed E-state index contributed by atoms with van der Waals surface area (Å²) in [6, 6.07) is 7.01. The van der Waals surface area contributed by atoms with Gasteiger partial charge in [-0.2, -0.15) is 0 Å². The Balaban J connectivity index is 2.84. The fraction of sp³-hybridized carbons (Fsp3) is 0.545. The average Bonchev–Trinajstić information content (AvgIpc) is 2.58. The Morgan fingerprint density at radius 3 is 2.10 bits per heavy atom. The van der Waals surface area contributed by atoms with Crippen molar-refractivity contribution < 1.29 is 23.8 Å². The lowest BCUT2D eigenvalue weighted by Gasteiger charge is -2.16. The van der Waals surface area contributed by atoms with Crippen molar-refractivity contribution in [3.05, 3.63) is 33.4 Å². The Hall–Kier alpha value is -1.34. The van der Waals surface area contributed by atoms with Gasteiger partial charge in [0.15, 0.2) is 0 Å². The maximum absolute atomic E-state index is 12.2. The predicted molar refractivity (Wildman–Crippen MR) is 141 cm³/mol. The molecule has 0 saturated carbocycles. The second-order valence-corrected chi connectivity index (χ2v) is 21.9. The largest absolute Gasteiger partial charge is 0.513 e. The monoisotopic (exact) mass is 577 g/mol. The van der Waals surface area contributed by atoms with E-state index in [1.54, 1.807) is 12.1 Å². The Labute approximate surface area is 202 Å². The topological polar surface area (TPSA) is 73.9 Å². The summed E-state index contributed by atoms with van der Waals surface area (Å²) < 4.78 is 17.9. The summed E-state index contributed by atoms with van der Waals surface area (Å²) in [4.78, 5) is 24.3. The lowest BCUT2D eigenvalue weighted by Crippen LogP contribution is -2.24. The Kier molecular flexibility index (Phi) is 11.3. The van der Waals surface area contributed by atoms with Gasteiger partial charge in [0, 0.05) is 27.9 Å². The summed E-state index contributed by atoms with van der Waals surface area (Å²) in [5.74, 6) is 0.328. The van der Waals surface area contributed by atoms with Gasteiger partial charge in [-0.3, -0.25) is 5.32 Å². The molecule has 0 unspecified atom stereocenters. The van der Waals surface area contributed by atoms with E-state index in [0.717, 1.165) is 23.2 Å². The molecule has 0 radical (unpaired) electrons. The smallest absolute Gasteiger partial charge is 0.450 e. The van der Waals surface area contributed by atoms with Crippen LogP contribution in [0.3, 0.4) is 0 Å². The van der Waals surface area contributed by atoms with Crippen molar-refractivity contribution in [3.8, 4) is 5.75 Å². The molecular formula is C22H36INO5Si2. The molecular weight excluding hydrogens is 541 g/mol. The quantitative estimate of drug-likeness (QED) is 0.137. The minimum absolute atomic E-state index is 0.328. The maximum Gasteiger partial charge on any atom is 0.513 e. The molecule has 0 atom stereocenters. The highest BCUT2D eigenvalue weighted by Gasteiger charge is 2.16. The molecule has 0 aliphatic carbocycles. The molecule has 0 aliphatic heterocycles. The number of nitrogens with one attached hydrogen (secondary N) is 1. The zero-order valence-electron chi connectivity index (χ0n) is 19.8. The van der Waals surface area contributed by atoms with Crippen LogP contribution in [0.15, 0.2) is 27.9 Å². The number of anilines is 1. The molecule has 1 N–H and O–H groups in total. The first kappa shape index (κ1) is 27.7. The van der Waals surface area contributed by atoms with E-state index in [-0.39, 0.29) is 0 Å². The molecule has 0 aromatic heterocycles. The fourth-order valence-electron chi connectivity index (χ4n) is 2.42. The molecule has 31 heavy (non-hydrogen) atoms. The molecule has 1 aromatic carbocycles. The summed E-state index contributed by atoms with van der Waals surface area (Å²) in [7, 11) is -2.58. The Morgan fingerprint density at radius 2 is 1.55 bits per heavy atom. The van der Waals surface area contributed by atoms with Gasteiger partial charge in [0.25, 0.3) is 0 Å².